The van der Waals surface area contributed by atoms with Crippen LogP contribution in [0.1, 0.15) is 63.5 Å². The van der Waals surface area contributed by atoms with Crippen LogP contribution in [0.5, 0.6) is 11.5 Å². The molecule has 0 unspecified atom stereocenters. The maximum Gasteiger partial charge on any atom is 0.185 e. The van der Waals surface area contributed by atoms with Gasteiger partial charge in [-0.15, -0.1) is 0 Å². The highest BCUT2D eigenvalue weighted by atomic mass is 19.1. The number of ether oxygens (including phenoxy) is 2. The van der Waals surface area contributed by atoms with E-state index in [9.17, 15) is 13.6 Å². The maximum atomic E-state index is 14.3. The zero-order chi connectivity index (χ0) is 22.9. The third kappa shape index (κ3) is 5.84. The number of Topliss-reactive ketones (excluding diaryl/α,β-unsaturated/α-hetero) is 1. The lowest BCUT2D eigenvalue weighted by Crippen LogP contribution is -2.02. The van der Waals surface area contributed by atoms with Gasteiger partial charge in [0.1, 0.15) is 0 Å². The van der Waals surface area contributed by atoms with Gasteiger partial charge >= 0.3 is 0 Å². The first-order chi connectivity index (χ1) is 15.5. The lowest BCUT2D eigenvalue weighted by Gasteiger charge is -2.11. The first-order valence-electron chi connectivity index (χ1n) is 11.3. The third-order valence-electron chi connectivity index (χ3n) is 5.39. The van der Waals surface area contributed by atoms with Crippen LogP contribution in [0.15, 0.2) is 47.5 Å². The van der Waals surface area contributed by atoms with Crippen LogP contribution in [0.25, 0.3) is 12.2 Å². The van der Waals surface area contributed by atoms with Crippen molar-refractivity contribution in [1.29, 1.82) is 0 Å². The Balaban J connectivity index is 1.85. The van der Waals surface area contributed by atoms with Crippen LogP contribution in [0, 0.1) is 11.6 Å². The minimum absolute atomic E-state index is 0.113. The van der Waals surface area contributed by atoms with Crippen LogP contribution in [0.3, 0.4) is 0 Å². The number of carbonyl (C=O) groups excluding carboxylic acids is 1. The molecule has 0 amide bonds. The van der Waals surface area contributed by atoms with Crippen LogP contribution in [-0.4, -0.2) is 19.0 Å². The van der Waals surface area contributed by atoms with Crippen molar-refractivity contribution in [1.82, 2.24) is 0 Å². The molecule has 5 heteroatoms. The predicted octanol–water partition coefficient (Wildman–Crippen LogP) is 7.15. The van der Waals surface area contributed by atoms with Crippen LogP contribution in [-0.2, 0) is 4.79 Å². The van der Waals surface area contributed by atoms with Crippen molar-refractivity contribution < 1.29 is 23.0 Å². The molecule has 0 bridgehead atoms. The highest BCUT2D eigenvalue weighted by Crippen LogP contribution is 2.34. The minimum Gasteiger partial charge on any atom is -0.490 e. The number of benzene rings is 2. The quantitative estimate of drug-likeness (QED) is 0.291. The van der Waals surface area contributed by atoms with Gasteiger partial charge < -0.3 is 9.47 Å². The second-order valence-corrected chi connectivity index (χ2v) is 7.89. The first-order valence-corrected chi connectivity index (χ1v) is 11.3. The molecule has 0 spiro atoms. The van der Waals surface area contributed by atoms with Crippen molar-refractivity contribution in [2.45, 2.75) is 52.4 Å². The molecule has 0 saturated heterocycles. The largest absolute Gasteiger partial charge is 0.490 e. The predicted molar refractivity (Wildman–Crippen MR) is 124 cm³/mol. The number of hydrogen-bond acceptors (Lipinski definition) is 3. The summed E-state index contributed by atoms with van der Waals surface area (Å²) in [4.78, 5) is 13.0. The molecule has 2 aromatic carbocycles. The summed E-state index contributed by atoms with van der Waals surface area (Å²) < 4.78 is 39.9. The average Bonchev–Trinajstić information content (AvgIpc) is 3.11. The van der Waals surface area contributed by atoms with Gasteiger partial charge in [-0.1, -0.05) is 51.0 Å². The molecule has 1 aliphatic carbocycles. The molecule has 0 aliphatic heterocycles. The van der Waals surface area contributed by atoms with E-state index in [1.807, 2.05) is 13.8 Å². The fraction of sp³-hybridized carbons (Fsp3) is 0.370. The zero-order valence-corrected chi connectivity index (χ0v) is 18.8. The zero-order valence-electron chi connectivity index (χ0n) is 18.8. The van der Waals surface area contributed by atoms with Crippen LogP contribution in [0.2, 0.25) is 0 Å². The number of halogens is 2. The Morgan fingerprint density at radius 3 is 1.62 bits per heavy atom. The molecule has 2 aromatic rings. The number of hydrogen-bond donors (Lipinski definition) is 0. The van der Waals surface area contributed by atoms with Gasteiger partial charge in [0.05, 0.1) is 13.2 Å². The number of rotatable bonds is 10. The maximum absolute atomic E-state index is 14.3. The molecule has 32 heavy (non-hydrogen) atoms. The van der Waals surface area contributed by atoms with Gasteiger partial charge in [0.2, 0.25) is 0 Å². The molecule has 0 N–H and O–H groups in total. The molecule has 170 valence electrons. The molecular formula is C27H30F2O3. The molecule has 0 radical (unpaired) electrons. The van der Waals surface area contributed by atoms with Gasteiger partial charge in [-0.2, -0.15) is 0 Å². The second kappa shape index (κ2) is 11.6. The summed E-state index contributed by atoms with van der Waals surface area (Å²) in [6.07, 6.45) is 8.03. The Bertz CT molecular complexity index is 928. The molecule has 0 aromatic heterocycles. The van der Waals surface area contributed by atoms with E-state index in [0.717, 1.165) is 25.7 Å². The average molecular weight is 441 g/mol. The van der Waals surface area contributed by atoms with Crippen LogP contribution < -0.4 is 9.47 Å². The Labute approximate surface area is 188 Å². The smallest absolute Gasteiger partial charge is 0.185 e. The lowest BCUT2D eigenvalue weighted by atomic mass is 10.1. The van der Waals surface area contributed by atoms with Crippen LogP contribution >= 0.6 is 0 Å². The van der Waals surface area contributed by atoms with Gasteiger partial charge in [0.15, 0.2) is 28.9 Å². The standard InChI is InChI=1S/C27H30F2O3/c1-3-5-15-31-26-21(9-7-11-23(26)28)17-19-13-14-20(25(19)30)18-22-10-8-12-24(29)27(22)32-16-6-4-2/h7-12,17-18H,3-6,13-16H2,1-2H3/b19-17+,20-18+. The van der Waals surface area contributed by atoms with Crippen molar-refractivity contribution in [3.05, 3.63) is 70.3 Å². The summed E-state index contributed by atoms with van der Waals surface area (Å²) in [5, 5.41) is 0. The Morgan fingerprint density at radius 1 is 0.781 bits per heavy atom. The molecule has 0 atom stereocenters. The molecule has 1 fully saturated rings. The van der Waals surface area contributed by atoms with Gasteiger partial charge in [-0.25, -0.2) is 8.78 Å². The summed E-state index contributed by atoms with van der Waals surface area (Å²) in [7, 11) is 0. The fourth-order valence-corrected chi connectivity index (χ4v) is 3.57. The van der Waals surface area contributed by atoms with E-state index in [2.05, 4.69) is 0 Å². The molecule has 3 nitrogen and oxygen atoms in total. The van der Waals surface area contributed by atoms with Gasteiger partial charge in [-0.3, -0.25) is 4.79 Å². The van der Waals surface area contributed by atoms with E-state index in [1.54, 1.807) is 36.4 Å². The van der Waals surface area contributed by atoms with Crippen molar-refractivity contribution in [3.63, 3.8) is 0 Å². The second-order valence-electron chi connectivity index (χ2n) is 7.89. The molecule has 0 heterocycles. The molecular weight excluding hydrogens is 410 g/mol. The highest BCUT2D eigenvalue weighted by molar-refractivity contribution is 6.15. The summed E-state index contributed by atoms with van der Waals surface area (Å²) >= 11 is 0. The molecule has 1 aliphatic rings. The van der Waals surface area contributed by atoms with Gasteiger partial charge in [-0.05, 0) is 50.0 Å². The number of ketones is 1. The van der Waals surface area contributed by atoms with Crippen molar-refractivity contribution in [2.75, 3.05) is 13.2 Å². The monoisotopic (exact) mass is 440 g/mol. The third-order valence-corrected chi connectivity index (χ3v) is 5.39. The fourth-order valence-electron chi connectivity index (χ4n) is 3.57. The van der Waals surface area contributed by atoms with E-state index in [1.165, 1.54) is 12.1 Å². The number of para-hydroxylation sites is 2. The van der Waals surface area contributed by atoms with Crippen LogP contribution in [0.4, 0.5) is 8.78 Å². The van der Waals surface area contributed by atoms with E-state index in [4.69, 9.17) is 9.47 Å². The minimum atomic E-state index is -0.440. The van der Waals surface area contributed by atoms with Crippen molar-refractivity contribution >= 4 is 17.9 Å². The summed E-state index contributed by atoms with van der Waals surface area (Å²) in [5.74, 6) is -0.640. The normalized spacial score (nSPS) is 16.2. The number of unbranched alkanes of at least 4 members (excludes halogenated alkanes) is 2. The summed E-state index contributed by atoms with van der Waals surface area (Å²) in [6.45, 7) is 4.93. The molecule has 1 saturated carbocycles. The molecule has 3 rings (SSSR count). The van der Waals surface area contributed by atoms with E-state index in [-0.39, 0.29) is 17.3 Å². The summed E-state index contributed by atoms with van der Waals surface area (Å²) in [6, 6.07) is 9.43. The van der Waals surface area contributed by atoms with E-state index < -0.39 is 11.6 Å². The summed E-state index contributed by atoms with van der Waals surface area (Å²) in [5.41, 5.74) is 2.29. The Kier molecular flexibility index (Phi) is 8.60. The van der Waals surface area contributed by atoms with E-state index in [0.29, 0.717) is 48.3 Å². The first kappa shape index (κ1) is 23.7. The number of carbonyl (C=O) groups is 1. The van der Waals surface area contributed by atoms with Crippen molar-refractivity contribution in [3.8, 4) is 11.5 Å². The number of allylic oxidation sites excluding steroid dienone is 2. The van der Waals surface area contributed by atoms with Gasteiger partial charge in [0, 0.05) is 22.3 Å². The topological polar surface area (TPSA) is 35.5 Å². The Hall–Kier alpha value is -2.95. The Morgan fingerprint density at radius 2 is 1.22 bits per heavy atom. The van der Waals surface area contributed by atoms with Crippen molar-refractivity contribution in [2.24, 2.45) is 0 Å². The SMILES string of the molecule is CCCCOc1c(F)cccc1/C=C1\CC/C(=C\c2cccc(F)c2OCCCC)C1=O. The lowest BCUT2D eigenvalue weighted by molar-refractivity contribution is -0.111. The van der Waals surface area contributed by atoms with E-state index >= 15 is 0 Å². The van der Waals surface area contributed by atoms with Gasteiger partial charge in [0.25, 0.3) is 0 Å². The highest BCUT2D eigenvalue weighted by Gasteiger charge is 2.24.